The molecule has 9 heteroatoms. The van der Waals surface area contributed by atoms with E-state index in [9.17, 15) is 8.42 Å². The van der Waals surface area contributed by atoms with Crippen molar-refractivity contribution in [2.24, 2.45) is 0 Å². The maximum Gasteiger partial charge on any atom is 0.248 e. The number of halogens is 2. The second kappa shape index (κ2) is 5.61. The summed E-state index contributed by atoms with van der Waals surface area (Å²) in [5.41, 5.74) is 6.25. The summed E-state index contributed by atoms with van der Waals surface area (Å²) in [6.45, 7) is 0.143. The van der Waals surface area contributed by atoms with Crippen LogP contribution in [-0.4, -0.2) is 30.0 Å². The number of benzene rings is 1. The number of nitrogens with zero attached hydrogens (tertiary/aromatic N) is 2. The van der Waals surface area contributed by atoms with Crippen molar-refractivity contribution in [3.05, 3.63) is 40.0 Å². The molecule has 3 N–H and O–H groups in total. The Kier molecular flexibility index (Phi) is 4.24. The van der Waals surface area contributed by atoms with Crippen molar-refractivity contribution in [1.29, 1.82) is 0 Å². The predicted octanol–water partition coefficient (Wildman–Crippen LogP) is 2.12. The highest BCUT2D eigenvalue weighted by Crippen LogP contribution is 2.25. The van der Waals surface area contributed by atoms with Gasteiger partial charge in [-0.05, 0) is 17.7 Å². The van der Waals surface area contributed by atoms with Gasteiger partial charge in [0.1, 0.15) is 10.7 Å². The van der Waals surface area contributed by atoms with E-state index < -0.39 is 10.0 Å². The second-order valence-corrected chi connectivity index (χ2v) is 6.99. The van der Waals surface area contributed by atoms with Crippen LogP contribution in [0.3, 0.4) is 0 Å². The van der Waals surface area contributed by atoms with Crippen LogP contribution in [0.25, 0.3) is 0 Å². The average molecular weight is 335 g/mol. The highest BCUT2D eigenvalue weighted by molar-refractivity contribution is 7.89. The van der Waals surface area contributed by atoms with E-state index in [1.54, 1.807) is 18.2 Å². The minimum atomic E-state index is -3.71. The van der Waals surface area contributed by atoms with Gasteiger partial charge in [-0.1, -0.05) is 29.3 Å². The van der Waals surface area contributed by atoms with E-state index in [4.69, 9.17) is 28.9 Å². The monoisotopic (exact) mass is 334 g/mol. The minimum absolute atomic E-state index is 0.00554. The number of rotatable bonds is 4. The Hall–Kier alpha value is -1.28. The van der Waals surface area contributed by atoms with Crippen LogP contribution in [0.1, 0.15) is 5.56 Å². The SMILES string of the molecule is CN(Cc1ccc(Cl)c(Cl)c1)S(=O)(=O)c1cn[nH]c1N. The molecule has 6 nitrogen and oxygen atoms in total. The Labute approximate surface area is 126 Å². The highest BCUT2D eigenvalue weighted by atomic mass is 35.5. The predicted molar refractivity (Wildman–Crippen MR) is 78.1 cm³/mol. The van der Waals surface area contributed by atoms with Crippen LogP contribution in [0, 0.1) is 0 Å². The first-order chi connectivity index (χ1) is 9.32. The molecule has 1 heterocycles. The van der Waals surface area contributed by atoms with Gasteiger partial charge >= 0.3 is 0 Å². The average Bonchev–Trinajstić information content (AvgIpc) is 2.80. The number of aromatic amines is 1. The number of aromatic nitrogens is 2. The zero-order chi connectivity index (χ0) is 14.9. The summed E-state index contributed by atoms with van der Waals surface area (Å²) in [5, 5.41) is 6.79. The lowest BCUT2D eigenvalue weighted by Crippen LogP contribution is -2.26. The summed E-state index contributed by atoms with van der Waals surface area (Å²) < 4.78 is 25.8. The van der Waals surface area contributed by atoms with Gasteiger partial charge in [0.15, 0.2) is 0 Å². The lowest BCUT2D eigenvalue weighted by Gasteiger charge is -2.16. The van der Waals surface area contributed by atoms with Gasteiger partial charge in [0.05, 0.1) is 16.2 Å². The molecular weight excluding hydrogens is 323 g/mol. The third-order valence-electron chi connectivity index (χ3n) is 2.71. The Morgan fingerprint density at radius 2 is 2.05 bits per heavy atom. The normalized spacial score (nSPS) is 12.0. The molecule has 0 aliphatic rings. The van der Waals surface area contributed by atoms with E-state index in [1.165, 1.54) is 13.2 Å². The maximum absolute atomic E-state index is 12.3. The van der Waals surface area contributed by atoms with Crippen LogP contribution < -0.4 is 5.73 Å². The van der Waals surface area contributed by atoms with Crippen molar-refractivity contribution in [2.45, 2.75) is 11.4 Å². The van der Waals surface area contributed by atoms with Crippen molar-refractivity contribution in [2.75, 3.05) is 12.8 Å². The molecule has 1 aromatic carbocycles. The molecule has 0 aliphatic carbocycles. The Morgan fingerprint density at radius 3 is 2.60 bits per heavy atom. The fraction of sp³-hybridized carbons (Fsp3) is 0.182. The zero-order valence-electron chi connectivity index (χ0n) is 10.5. The zero-order valence-corrected chi connectivity index (χ0v) is 12.8. The molecule has 0 atom stereocenters. The van der Waals surface area contributed by atoms with Gasteiger partial charge in [-0.2, -0.15) is 9.40 Å². The quantitative estimate of drug-likeness (QED) is 0.895. The van der Waals surface area contributed by atoms with Crippen LogP contribution in [0.4, 0.5) is 5.82 Å². The van der Waals surface area contributed by atoms with E-state index in [0.29, 0.717) is 15.6 Å². The van der Waals surface area contributed by atoms with Gasteiger partial charge in [0, 0.05) is 13.6 Å². The number of nitrogens with two attached hydrogens (primary N) is 1. The molecule has 0 aliphatic heterocycles. The van der Waals surface area contributed by atoms with Crippen LogP contribution in [-0.2, 0) is 16.6 Å². The number of nitrogens with one attached hydrogen (secondary N) is 1. The van der Waals surface area contributed by atoms with E-state index >= 15 is 0 Å². The van der Waals surface area contributed by atoms with Crippen LogP contribution in [0.5, 0.6) is 0 Å². The molecule has 2 aromatic rings. The van der Waals surface area contributed by atoms with Crippen molar-refractivity contribution in [1.82, 2.24) is 14.5 Å². The summed E-state index contributed by atoms with van der Waals surface area (Å²) in [5.74, 6) is 0.00554. The van der Waals surface area contributed by atoms with E-state index in [2.05, 4.69) is 10.2 Å². The number of anilines is 1. The lowest BCUT2D eigenvalue weighted by molar-refractivity contribution is 0.467. The van der Waals surface area contributed by atoms with Gasteiger partial charge in [0.25, 0.3) is 0 Å². The molecule has 0 unspecified atom stereocenters. The van der Waals surface area contributed by atoms with E-state index in [0.717, 1.165) is 4.31 Å². The van der Waals surface area contributed by atoms with Crippen LogP contribution >= 0.6 is 23.2 Å². The number of hydrogen-bond acceptors (Lipinski definition) is 4. The summed E-state index contributed by atoms with van der Waals surface area (Å²) in [6.07, 6.45) is 1.18. The van der Waals surface area contributed by atoms with Crippen molar-refractivity contribution in [3.63, 3.8) is 0 Å². The third kappa shape index (κ3) is 2.90. The Balaban J connectivity index is 2.25. The van der Waals surface area contributed by atoms with Crippen LogP contribution in [0.2, 0.25) is 10.0 Å². The smallest absolute Gasteiger partial charge is 0.248 e. The molecule has 0 bridgehead atoms. The fourth-order valence-corrected chi connectivity index (χ4v) is 3.12. The first kappa shape index (κ1) is 15.1. The Bertz CT molecular complexity index is 730. The molecule has 0 saturated carbocycles. The molecule has 0 fully saturated rings. The molecule has 0 amide bonds. The van der Waals surface area contributed by atoms with E-state index in [-0.39, 0.29) is 17.3 Å². The fourth-order valence-electron chi connectivity index (χ4n) is 1.64. The van der Waals surface area contributed by atoms with Crippen molar-refractivity contribution < 1.29 is 8.42 Å². The Morgan fingerprint density at radius 1 is 1.35 bits per heavy atom. The number of H-pyrrole nitrogens is 1. The van der Waals surface area contributed by atoms with Gasteiger partial charge < -0.3 is 5.73 Å². The standard InChI is InChI=1S/C11H12Cl2N4O2S/c1-17(6-7-2-3-8(12)9(13)4-7)20(18,19)10-5-15-16-11(10)14/h2-5H,6H2,1H3,(H3,14,15,16). The number of sulfonamides is 1. The van der Waals surface area contributed by atoms with Gasteiger partial charge in [-0.25, -0.2) is 8.42 Å². The first-order valence-corrected chi connectivity index (χ1v) is 7.71. The van der Waals surface area contributed by atoms with Gasteiger partial charge in [-0.15, -0.1) is 0 Å². The lowest BCUT2D eigenvalue weighted by atomic mass is 10.2. The molecule has 2 rings (SSSR count). The van der Waals surface area contributed by atoms with E-state index in [1.807, 2.05) is 0 Å². The highest BCUT2D eigenvalue weighted by Gasteiger charge is 2.25. The molecule has 1 aromatic heterocycles. The minimum Gasteiger partial charge on any atom is -0.383 e. The summed E-state index contributed by atoms with van der Waals surface area (Å²) in [4.78, 5) is -0.0555. The van der Waals surface area contributed by atoms with Crippen LogP contribution in [0.15, 0.2) is 29.3 Å². The summed E-state index contributed by atoms with van der Waals surface area (Å²) >= 11 is 11.7. The van der Waals surface area contributed by atoms with Crippen molar-refractivity contribution >= 4 is 39.0 Å². The number of hydrogen-bond donors (Lipinski definition) is 2. The molecule has 20 heavy (non-hydrogen) atoms. The number of nitrogen functional groups attached to an aromatic ring is 1. The third-order valence-corrected chi connectivity index (χ3v) is 5.28. The second-order valence-electron chi connectivity index (χ2n) is 4.16. The van der Waals surface area contributed by atoms with Gasteiger partial charge in [0.2, 0.25) is 10.0 Å². The maximum atomic E-state index is 12.3. The molecule has 0 spiro atoms. The summed E-state index contributed by atoms with van der Waals surface area (Å²) in [7, 11) is -2.26. The molecular formula is C11H12Cl2N4O2S. The van der Waals surface area contributed by atoms with Crippen molar-refractivity contribution in [3.8, 4) is 0 Å². The topological polar surface area (TPSA) is 92.1 Å². The molecule has 0 radical (unpaired) electrons. The molecule has 0 saturated heterocycles. The molecule has 108 valence electrons. The van der Waals surface area contributed by atoms with Gasteiger partial charge in [-0.3, -0.25) is 5.10 Å². The first-order valence-electron chi connectivity index (χ1n) is 5.51. The largest absolute Gasteiger partial charge is 0.383 e. The summed E-state index contributed by atoms with van der Waals surface area (Å²) in [6, 6.07) is 4.94.